The van der Waals surface area contributed by atoms with Crippen molar-refractivity contribution in [3.8, 4) is 0 Å². The van der Waals surface area contributed by atoms with E-state index in [1.165, 1.54) is 12.1 Å². The van der Waals surface area contributed by atoms with Crippen molar-refractivity contribution >= 4 is 6.03 Å². The maximum atomic E-state index is 12.4. The van der Waals surface area contributed by atoms with E-state index in [9.17, 15) is 18.0 Å². The summed E-state index contributed by atoms with van der Waals surface area (Å²) in [6.07, 6.45) is -5.07. The molecule has 2 N–H and O–H groups in total. The van der Waals surface area contributed by atoms with Gasteiger partial charge in [-0.1, -0.05) is 12.1 Å². The summed E-state index contributed by atoms with van der Waals surface area (Å²) in [5.41, 5.74) is -0.0409. The Hall–Kier alpha value is -1.80. The summed E-state index contributed by atoms with van der Waals surface area (Å²) in [5.74, 6) is 0. The van der Waals surface area contributed by atoms with Crippen LogP contribution in [-0.4, -0.2) is 47.9 Å². The van der Waals surface area contributed by atoms with E-state index in [1.54, 1.807) is 11.8 Å². The van der Waals surface area contributed by atoms with Crippen LogP contribution in [0, 0.1) is 0 Å². The second-order valence-electron chi connectivity index (χ2n) is 5.57. The first-order valence-electron chi connectivity index (χ1n) is 7.24. The highest BCUT2D eigenvalue weighted by atomic mass is 19.4. The largest absolute Gasteiger partial charge is 0.416 e. The molecule has 0 radical (unpaired) electrons. The average Bonchev–Trinajstić information content (AvgIpc) is 2.43. The number of nitrogens with one attached hydrogen (secondary N) is 1. The molecule has 0 aromatic heterocycles. The molecule has 0 spiro atoms. The van der Waals surface area contributed by atoms with Crippen LogP contribution in [0.3, 0.4) is 0 Å². The number of hydrogen-bond donors (Lipinski definition) is 2. The molecule has 1 aromatic carbocycles. The van der Waals surface area contributed by atoms with Crippen LogP contribution in [0.5, 0.6) is 0 Å². The van der Waals surface area contributed by atoms with Crippen molar-refractivity contribution in [2.24, 2.45) is 0 Å². The fourth-order valence-electron chi connectivity index (χ4n) is 2.06. The first-order chi connectivity index (χ1) is 10.8. The van der Waals surface area contributed by atoms with Crippen molar-refractivity contribution in [2.45, 2.75) is 31.9 Å². The van der Waals surface area contributed by atoms with E-state index in [1.807, 2.05) is 0 Å². The summed E-state index contributed by atoms with van der Waals surface area (Å²) in [4.78, 5) is 13.2. The van der Waals surface area contributed by atoms with E-state index in [0.717, 1.165) is 12.1 Å². The second kappa shape index (κ2) is 7.18. The lowest BCUT2D eigenvalue weighted by atomic mass is 10.1. The maximum Gasteiger partial charge on any atom is 0.416 e. The van der Waals surface area contributed by atoms with Gasteiger partial charge in [-0.2, -0.15) is 13.2 Å². The van der Waals surface area contributed by atoms with Gasteiger partial charge in [0.1, 0.15) is 0 Å². The predicted octanol–water partition coefficient (Wildman–Crippen LogP) is 2.00. The molecular formula is C15H19F3N2O3. The molecule has 1 heterocycles. The summed E-state index contributed by atoms with van der Waals surface area (Å²) in [6, 6.07) is 4.55. The van der Waals surface area contributed by atoms with Crippen molar-refractivity contribution < 1.29 is 27.8 Å². The van der Waals surface area contributed by atoms with Crippen molar-refractivity contribution in [1.29, 1.82) is 0 Å². The Labute approximate surface area is 132 Å². The topological polar surface area (TPSA) is 61.8 Å². The van der Waals surface area contributed by atoms with Gasteiger partial charge < -0.3 is 20.1 Å². The summed E-state index contributed by atoms with van der Waals surface area (Å²) in [7, 11) is 0. The van der Waals surface area contributed by atoms with Crippen LogP contribution in [0.4, 0.5) is 18.0 Å². The van der Waals surface area contributed by atoms with Crippen LogP contribution in [0.15, 0.2) is 24.3 Å². The van der Waals surface area contributed by atoms with Crippen molar-refractivity contribution in [2.75, 3.05) is 19.6 Å². The first kappa shape index (κ1) is 17.6. The van der Waals surface area contributed by atoms with E-state index in [0.29, 0.717) is 18.7 Å². The number of hydrogen-bond acceptors (Lipinski definition) is 3. The number of rotatable bonds is 5. The van der Waals surface area contributed by atoms with Crippen LogP contribution in [0.25, 0.3) is 0 Å². The maximum absolute atomic E-state index is 12.4. The van der Waals surface area contributed by atoms with Gasteiger partial charge in [-0.3, -0.25) is 0 Å². The quantitative estimate of drug-likeness (QED) is 0.867. The number of carbonyl (C=O) groups excluding carboxylic acids is 1. The van der Waals surface area contributed by atoms with Gasteiger partial charge in [-0.05, 0) is 24.6 Å². The van der Waals surface area contributed by atoms with E-state index in [4.69, 9.17) is 9.84 Å². The minimum Gasteiger partial charge on any atom is -0.392 e. The fraction of sp³-hybridized carbons (Fsp3) is 0.533. The lowest BCUT2D eigenvalue weighted by Gasteiger charge is -2.38. The van der Waals surface area contributed by atoms with Gasteiger partial charge in [-0.15, -0.1) is 0 Å². The number of likely N-dealkylation sites (tertiary alicyclic amines) is 1. The highest BCUT2D eigenvalue weighted by Gasteiger charge is 2.32. The van der Waals surface area contributed by atoms with Gasteiger partial charge in [0.25, 0.3) is 0 Å². The van der Waals surface area contributed by atoms with Crippen molar-refractivity contribution in [1.82, 2.24) is 10.2 Å². The first-order valence-corrected chi connectivity index (χ1v) is 7.24. The number of amides is 2. The third-order valence-corrected chi connectivity index (χ3v) is 3.45. The average molecular weight is 332 g/mol. The van der Waals surface area contributed by atoms with Crippen molar-refractivity contribution in [3.63, 3.8) is 0 Å². The molecule has 1 aromatic rings. The molecule has 1 aliphatic heterocycles. The Balaban J connectivity index is 1.69. The lowest BCUT2D eigenvalue weighted by molar-refractivity contribution is -0.137. The van der Waals surface area contributed by atoms with Gasteiger partial charge in [0.2, 0.25) is 0 Å². The smallest absolute Gasteiger partial charge is 0.392 e. The fourth-order valence-corrected chi connectivity index (χ4v) is 2.06. The molecule has 23 heavy (non-hydrogen) atoms. The zero-order valence-electron chi connectivity index (χ0n) is 12.6. The Kier molecular flexibility index (Phi) is 5.48. The zero-order chi connectivity index (χ0) is 17.0. The molecule has 0 bridgehead atoms. The second-order valence-corrected chi connectivity index (χ2v) is 5.57. The van der Waals surface area contributed by atoms with E-state index < -0.39 is 17.8 Å². The van der Waals surface area contributed by atoms with Crippen LogP contribution in [0.2, 0.25) is 0 Å². The molecule has 8 heteroatoms. The number of aliphatic hydroxyl groups excluding tert-OH is 1. The SMILES string of the molecule is C[C@@H](O)CNC(=O)N1CC(OCc2ccc(C(F)(F)F)cc2)C1. The number of urea groups is 1. The number of nitrogens with zero attached hydrogens (tertiary/aromatic N) is 1. The molecule has 0 saturated carbocycles. The number of ether oxygens (including phenoxy) is 1. The van der Waals surface area contributed by atoms with Gasteiger partial charge in [0.15, 0.2) is 0 Å². The molecule has 1 atom stereocenters. The molecule has 2 rings (SSSR count). The summed E-state index contributed by atoms with van der Waals surface area (Å²) >= 11 is 0. The summed E-state index contributed by atoms with van der Waals surface area (Å²) in [5, 5.41) is 11.7. The third kappa shape index (κ3) is 5.11. The normalized spacial score (nSPS) is 16.8. The highest BCUT2D eigenvalue weighted by molar-refractivity contribution is 5.75. The van der Waals surface area contributed by atoms with E-state index >= 15 is 0 Å². The number of aliphatic hydroxyl groups is 1. The Morgan fingerprint density at radius 2 is 2.00 bits per heavy atom. The van der Waals surface area contributed by atoms with Crippen LogP contribution in [-0.2, 0) is 17.5 Å². The Morgan fingerprint density at radius 1 is 1.39 bits per heavy atom. The van der Waals surface area contributed by atoms with Crippen LogP contribution < -0.4 is 5.32 Å². The Morgan fingerprint density at radius 3 is 2.52 bits per heavy atom. The van der Waals surface area contributed by atoms with Gasteiger partial charge >= 0.3 is 12.2 Å². The molecular weight excluding hydrogens is 313 g/mol. The van der Waals surface area contributed by atoms with Gasteiger partial charge in [0.05, 0.1) is 37.5 Å². The number of alkyl halides is 3. The Bertz CT molecular complexity index is 526. The highest BCUT2D eigenvalue weighted by Crippen LogP contribution is 2.29. The van der Waals surface area contributed by atoms with Gasteiger partial charge in [0, 0.05) is 6.54 Å². The summed E-state index contributed by atoms with van der Waals surface area (Å²) < 4.78 is 42.9. The molecule has 1 fully saturated rings. The van der Waals surface area contributed by atoms with Crippen LogP contribution >= 0.6 is 0 Å². The minimum atomic E-state index is -4.34. The summed E-state index contributed by atoms with van der Waals surface area (Å²) in [6.45, 7) is 2.81. The molecule has 5 nitrogen and oxygen atoms in total. The number of benzene rings is 1. The molecule has 2 amide bonds. The van der Waals surface area contributed by atoms with E-state index in [-0.39, 0.29) is 25.3 Å². The zero-order valence-corrected chi connectivity index (χ0v) is 12.6. The van der Waals surface area contributed by atoms with Gasteiger partial charge in [-0.25, -0.2) is 4.79 Å². The third-order valence-electron chi connectivity index (χ3n) is 3.45. The predicted molar refractivity (Wildman–Crippen MR) is 76.7 cm³/mol. The number of carbonyl (C=O) groups is 1. The molecule has 1 saturated heterocycles. The monoisotopic (exact) mass is 332 g/mol. The molecule has 0 unspecified atom stereocenters. The van der Waals surface area contributed by atoms with Crippen molar-refractivity contribution in [3.05, 3.63) is 35.4 Å². The molecule has 1 aliphatic rings. The standard InChI is InChI=1S/C15H19F3N2O3/c1-10(21)6-19-14(22)20-7-13(8-20)23-9-11-2-4-12(5-3-11)15(16,17)18/h2-5,10,13,21H,6-9H2,1H3,(H,19,22)/t10-/m1/s1. The lowest BCUT2D eigenvalue weighted by Crippen LogP contribution is -2.58. The minimum absolute atomic E-state index is 0.130. The molecule has 0 aliphatic carbocycles. The number of halogens is 3. The van der Waals surface area contributed by atoms with E-state index in [2.05, 4.69) is 5.32 Å². The molecule has 128 valence electrons. The van der Waals surface area contributed by atoms with Crippen LogP contribution in [0.1, 0.15) is 18.1 Å².